The second-order valence-electron chi connectivity index (χ2n) is 3.85. The zero-order valence-electron chi connectivity index (χ0n) is 12.5. The molecule has 0 aromatic heterocycles. The van der Waals surface area contributed by atoms with Gasteiger partial charge in [0, 0.05) is 6.61 Å². The van der Waals surface area contributed by atoms with Crippen molar-refractivity contribution < 1.29 is 32.3 Å². The molecule has 0 N–H and O–H groups in total. The van der Waals surface area contributed by atoms with Crippen LogP contribution in [0.1, 0.15) is 13.3 Å². The Morgan fingerprint density at radius 3 is 1.48 bits per heavy atom. The first-order valence-corrected chi connectivity index (χ1v) is 7.66. The first-order chi connectivity index (χ1) is 10.3. The van der Waals surface area contributed by atoms with Crippen molar-refractivity contribution in [2.75, 3.05) is 66.1 Å². The minimum Gasteiger partial charge on any atom is -0.383 e. The summed E-state index contributed by atoms with van der Waals surface area (Å²) >= 11 is 2.60. The van der Waals surface area contributed by atoms with Crippen LogP contribution < -0.4 is 0 Å². The number of rotatable bonds is 16. The third kappa shape index (κ3) is 17.7. The molecule has 0 fully saturated rings. The number of ether oxygens (including phenoxy) is 5. The molecule has 0 amide bonds. The van der Waals surface area contributed by atoms with E-state index in [-0.39, 0.29) is 12.4 Å². The van der Waals surface area contributed by atoms with E-state index in [4.69, 9.17) is 23.7 Å². The molecule has 0 aromatic rings. The lowest BCUT2D eigenvalue weighted by molar-refractivity contribution is -0.133. The van der Waals surface area contributed by atoms with Gasteiger partial charge < -0.3 is 27.5 Å². The molecule has 0 heterocycles. The molecule has 0 bridgehead atoms. The van der Waals surface area contributed by atoms with Crippen molar-refractivity contribution >= 4 is 22.2 Å². The normalized spacial score (nSPS) is 10.8. The summed E-state index contributed by atoms with van der Waals surface area (Å²) in [6.45, 7) is 7.22. The molecule has 0 aliphatic carbocycles. The molecule has 0 unspecified atom stereocenters. The predicted octanol–water partition coefficient (Wildman–Crippen LogP) is 1.33. The highest BCUT2D eigenvalue weighted by Gasteiger charge is 2.00. The van der Waals surface area contributed by atoms with Gasteiger partial charge in [0.1, 0.15) is 0 Å². The first kappa shape index (κ1) is 20.8. The van der Waals surface area contributed by atoms with Crippen LogP contribution in [-0.4, -0.2) is 72.0 Å². The Labute approximate surface area is 134 Å². The van der Waals surface area contributed by atoms with Crippen LogP contribution in [0.3, 0.4) is 0 Å². The largest absolute Gasteiger partial charge is 0.383 e. The maximum atomic E-state index is 10.7. The van der Waals surface area contributed by atoms with Gasteiger partial charge in [-0.25, -0.2) is 0 Å². The predicted molar refractivity (Wildman–Crippen MR) is 79.4 cm³/mol. The summed E-state index contributed by atoms with van der Waals surface area (Å²) in [7, 11) is 0. The van der Waals surface area contributed by atoms with Crippen LogP contribution in [-0.2, 0) is 32.3 Å². The first-order valence-electron chi connectivity index (χ1n) is 7.01. The van der Waals surface area contributed by atoms with Gasteiger partial charge >= 0.3 is 5.97 Å². The topological polar surface area (TPSA) is 72.5 Å². The summed E-state index contributed by atoms with van der Waals surface area (Å²) < 4.78 is 30.5. The Bertz CT molecular complexity index is 229. The Hall–Kier alpha value is -0.250. The average Bonchev–Trinajstić information content (AvgIpc) is 2.50. The standard InChI is InChI=1S/C13H25BrO7/c1-2-16-5-6-18-9-10-20-12-11-19-8-7-17-4-3-13(15)21-14/h2-12H2,1H3. The molecule has 0 saturated heterocycles. The van der Waals surface area contributed by atoms with Crippen molar-refractivity contribution in [2.45, 2.75) is 13.3 Å². The lowest BCUT2D eigenvalue weighted by Gasteiger charge is -2.07. The molecule has 0 aliphatic heterocycles. The molecule has 0 saturated carbocycles. The molecule has 0 rings (SSSR count). The minimum absolute atomic E-state index is 0.220. The van der Waals surface area contributed by atoms with Crippen LogP contribution in [0.4, 0.5) is 0 Å². The number of hydrogen-bond donors (Lipinski definition) is 0. The van der Waals surface area contributed by atoms with Crippen LogP contribution >= 0.6 is 16.3 Å². The summed E-state index contributed by atoms with van der Waals surface area (Å²) in [6.07, 6.45) is 0.220. The Kier molecular flexibility index (Phi) is 17.6. The number of carbonyl (C=O) groups excluding carboxylic acids is 1. The van der Waals surface area contributed by atoms with Crippen LogP contribution in [0.15, 0.2) is 0 Å². The summed E-state index contributed by atoms with van der Waals surface area (Å²) in [5.74, 6) is -0.354. The van der Waals surface area contributed by atoms with Crippen molar-refractivity contribution in [2.24, 2.45) is 0 Å². The molecule has 7 nitrogen and oxygen atoms in total. The van der Waals surface area contributed by atoms with E-state index in [0.717, 1.165) is 0 Å². The molecular formula is C13H25BrO7. The Morgan fingerprint density at radius 2 is 1.10 bits per heavy atom. The molecule has 126 valence electrons. The van der Waals surface area contributed by atoms with Gasteiger partial charge in [0.2, 0.25) is 0 Å². The highest BCUT2D eigenvalue weighted by molar-refractivity contribution is 9.06. The van der Waals surface area contributed by atoms with Crippen molar-refractivity contribution in [3.8, 4) is 0 Å². The Morgan fingerprint density at radius 1 is 0.714 bits per heavy atom. The molecule has 21 heavy (non-hydrogen) atoms. The fourth-order valence-corrected chi connectivity index (χ4v) is 1.38. The van der Waals surface area contributed by atoms with Gasteiger partial charge in [-0.15, -0.1) is 0 Å². The summed E-state index contributed by atoms with van der Waals surface area (Å²) in [5.41, 5.74) is 0. The maximum Gasteiger partial charge on any atom is 0.319 e. The van der Waals surface area contributed by atoms with Gasteiger partial charge in [0.05, 0.1) is 65.9 Å². The summed E-state index contributed by atoms with van der Waals surface area (Å²) in [4.78, 5) is 10.7. The van der Waals surface area contributed by atoms with Gasteiger partial charge in [-0.2, -0.15) is 0 Å². The Balaban J connectivity index is 2.98. The quantitative estimate of drug-likeness (QED) is 0.378. The van der Waals surface area contributed by atoms with Gasteiger partial charge in [-0.05, 0) is 6.92 Å². The van der Waals surface area contributed by atoms with E-state index < -0.39 is 0 Å². The lowest BCUT2D eigenvalue weighted by Crippen LogP contribution is -2.13. The van der Waals surface area contributed by atoms with E-state index in [9.17, 15) is 4.79 Å². The molecule has 0 aromatic carbocycles. The van der Waals surface area contributed by atoms with Gasteiger partial charge in [-0.3, -0.25) is 4.79 Å². The van der Waals surface area contributed by atoms with E-state index in [1.54, 1.807) is 0 Å². The zero-order valence-corrected chi connectivity index (χ0v) is 14.1. The lowest BCUT2D eigenvalue weighted by atomic mass is 10.5. The van der Waals surface area contributed by atoms with Crippen LogP contribution in [0.25, 0.3) is 0 Å². The molecule has 0 spiro atoms. The zero-order chi connectivity index (χ0) is 15.6. The second kappa shape index (κ2) is 17.8. The van der Waals surface area contributed by atoms with Gasteiger partial charge in [-0.1, -0.05) is 0 Å². The fourth-order valence-electron chi connectivity index (χ4n) is 1.22. The van der Waals surface area contributed by atoms with Crippen LogP contribution in [0, 0.1) is 0 Å². The number of halogens is 1. The van der Waals surface area contributed by atoms with Gasteiger partial charge in [0.15, 0.2) is 16.3 Å². The van der Waals surface area contributed by atoms with E-state index in [0.29, 0.717) is 66.1 Å². The van der Waals surface area contributed by atoms with Crippen molar-refractivity contribution in [3.63, 3.8) is 0 Å². The smallest absolute Gasteiger partial charge is 0.319 e. The highest BCUT2D eigenvalue weighted by Crippen LogP contribution is 1.92. The monoisotopic (exact) mass is 372 g/mol. The second-order valence-corrected chi connectivity index (χ2v) is 4.17. The SMILES string of the molecule is CCOCCOCCOCCOCCOCCC(=O)OBr. The van der Waals surface area contributed by atoms with Crippen molar-refractivity contribution in [3.05, 3.63) is 0 Å². The van der Waals surface area contributed by atoms with E-state index in [1.807, 2.05) is 6.92 Å². The minimum atomic E-state index is -0.354. The van der Waals surface area contributed by atoms with Crippen LogP contribution in [0.5, 0.6) is 0 Å². The molecule has 8 heteroatoms. The van der Waals surface area contributed by atoms with E-state index >= 15 is 0 Å². The average molecular weight is 373 g/mol. The maximum absolute atomic E-state index is 10.7. The van der Waals surface area contributed by atoms with E-state index in [1.165, 1.54) is 0 Å². The molecule has 0 aliphatic rings. The summed E-state index contributed by atoms with van der Waals surface area (Å²) in [5, 5.41) is 0. The molecular weight excluding hydrogens is 348 g/mol. The third-order valence-electron chi connectivity index (χ3n) is 2.23. The van der Waals surface area contributed by atoms with Crippen molar-refractivity contribution in [1.82, 2.24) is 0 Å². The van der Waals surface area contributed by atoms with Crippen LogP contribution in [0.2, 0.25) is 0 Å². The fraction of sp³-hybridized carbons (Fsp3) is 0.923. The summed E-state index contributed by atoms with van der Waals surface area (Å²) in [6, 6.07) is 0. The number of carbonyl (C=O) groups is 1. The molecule has 0 radical (unpaired) electrons. The van der Waals surface area contributed by atoms with E-state index in [2.05, 4.69) is 20.1 Å². The third-order valence-corrected chi connectivity index (χ3v) is 2.59. The highest BCUT2D eigenvalue weighted by atomic mass is 79.9. The number of hydrogen-bond acceptors (Lipinski definition) is 7. The molecule has 0 atom stereocenters. The van der Waals surface area contributed by atoms with Gasteiger partial charge in [0.25, 0.3) is 0 Å². The van der Waals surface area contributed by atoms with Crippen molar-refractivity contribution in [1.29, 1.82) is 0 Å².